The van der Waals surface area contributed by atoms with Gasteiger partial charge in [-0.2, -0.15) is 0 Å². The summed E-state index contributed by atoms with van der Waals surface area (Å²) in [6.45, 7) is 4.42. The van der Waals surface area contributed by atoms with Crippen molar-refractivity contribution >= 4 is 38.6 Å². The monoisotopic (exact) mass is 360 g/mol. The summed E-state index contributed by atoms with van der Waals surface area (Å²) in [5.41, 5.74) is 1.82. The van der Waals surface area contributed by atoms with E-state index in [1.165, 1.54) is 11.3 Å². The van der Waals surface area contributed by atoms with Gasteiger partial charge in [-0.15, -0.1) is 0 Å². The van der Waals surface area contributed by atoms with Crippen LogP contribution in [0.1, 0.15) is 26.7 Å². The largest absolute Gasteiger partial charge is 0.494 e. The molecule has 132 valence electrons. The fourth-order valence-corrected chi connectivity index (χ4v) is 3.92. The Labute approximate surface area is 149 Å². The Morgan fingerprint density at radius 3 is 2.92 bits per heavy atom. The molecule has 0 aliphatic heterocycles. The molecule has 1 heterocycles. The number of thiazole rings is 1. The van der Waals surface area contributed by atoms with Gasteiger partial charge in [0, 0.05) is 0 Å². The Hall–Kier alpha value is -2.41. The summed E-state index contributed by atoms with van der Waals surface area (Å²) < 4.78 is 6.38. The second kappa shape index (κ2) is 7.23. The van der Waals surface area contributed by atoms with Gasteiger partial charge in [-0.25, -0.2) is 4.98 Å². The Bertz CT molecular complexity index is 843. The van der Waals surface area contributed by atoms with Crippen LogP contribution >= 0.6 is 11.3 Å². The number of carboxylic acids is 1. The summed E-state index contributed by atoms with van der Waals surface area (Å²) in [6, 6.07) is 5.58. The third-order valence-corrected chi connectivity index (χ3v) is 5.24. The number of hydrogen-bond donors (Lipinski definition) is 2. The summed E-state index contributed by atoms with van der Waals surface area (Å²) in [7, 11) is 0. The fraction of sp³-hybridized carbons (Fsp3) is 0.389. The Balaban J connectivity index is 1.78. The molecule has 1 aromatic carbocycles. The van der Waals surface area contributed by atoms with E-state index < -0.39 is 17.8 Å². The molecule has 1 aliphatic carbocycles. The molecule has 1 aromatic heterocycles. The SMILES string of the molecule is CCOc1ccc2nc(NC(=O)[C@H]3CC(C)=CC[C@@H]3C(=O)O)sc2c1. The zero-order valence-electron chi connectivity index (χ0n) is 14.1. The average Bonchev–Trinajstić information content (AvgIpc) is 2.96. The van der Waals surface area contributed by atoms with Gasteiger partial charge in [0.25, 0.3) is 0 Å². The molecular formula is C18H20N2O4S. The molecule has 0 bridgehead atoms. The second-order valence-electron chi connectivity index (χ2n) is 6.11. The molecule has 2 atom stereocenters. The van der Waals surface area contributed by atoms with Gasteiger partial charge in [-0.1, -0.05) is 23.0 Å². The Morgan fingerprint density at radius 2 is 2.20 bits per heavy atom. The standard InChI is InChI=1S/C18H20N2O4S/c1-3-24-11-5-7-14-15(9-11)25-18(19-14)20-16(21)13-8-10(2)4-6-12(13)17(22)23/h4-5,7,9,12-13H,3,6,8H2,1-2H3,(H,22,23)(H,19,20,21)/t12-,13-/m0/s1. The number of carbonyl (C=O) groups is 2. The van der Waals surface area contributed by atoms with Gasteiger partial charge in [-0.05, 0) is 44.9 Å². The van der Waals surface area contributed by atoms with E-state index >= 15 is 0 Å². The normalized spacial score (nSPS) is 20.2. The second-order valence-corrected chi connectivity index (χ2v) is 7.14. The minimum absolute atomic E-state index is 0.288. The van der Waals surface area contributed by atoms with E-state index in [1.807, 2.05) is 38.1 Å². The van der Waals surface area contributed by atoms with Gasteiger partial charge in [0.05, 0.1) is 28.7 Å². The van der Waals surface area contributed by atoms with Crippen LogP contribution in [0.2, 0.25) is 0 Å². The number of ether oxygens (including phenoxy) is 1. The van der Waals surface area contributed by atoms with Gasteiger partial charge in [0.15, 0.2) is 5.13 Å². The number of anilines is 1. The molecule has 0 saturated carbocycles. The smallest absolute Gasteiger partial charge is 0.307 e. The molecule has 6 nitrogen and oxygen atoms in total. The Kier molecular flexibility index (Phi) is 5.03. The van der Waals surface area contributed by atoms with Crippen LogP contribution in [-0.4, -0.2) is 28.6 Å². The minimum Gasteiger partial charge on any atom is -0.494 e. The van der Waals surface area contributed by atoms with Crippen LogP contribution in [0.5, 0.6) is 5.75 Å². The van der Waals surface area contributed by atoms with Gasteiger partial charge < -0.3 is 15.2 Å². The predicted molar refractivity (Wildman–Crippen MR) is 97.0 cm³/mol. The lowest BCUT2D eigenvalue weighted by Crippen LogP contribution is -2.35. The van der Waals surface area contributed by atoms with Crippen molar-refractivity contribution in [1.82, 2.24) is 4.98 Å². The van der Waals surface area contributed by atoms with Crippen molar-refractivity contribution in [1.29, 1.82) is 0 Å². The summed E-state index contributed by atoms with van der Waals surface area (Å²) in [4.78, 5) is 28.5. The van der Waals surface area contributed by atoms with E-state index in [1.54, 1.807) is 0 Å². The summed E-state index contributed by atoms with van der Waals surface area (Å²) in [5, 5.41) is 12.6. The molecule has 25 heavy (non-hydrogen) atoms. The molecule has 2 aromatic rings. The summed E-state index contributed by atoms with van der Waals surface area (Å²) in [5.74, 6) is -1.73. The van der Waals surface area contributed by atoms with Crippen molar-refractivity contribution in [2.45, 2.75) is 26.7 Å². The number of aliphatic carboxylic acids is 1. The number of rotatable bonds is 5. The van der Waals surface area contributed by atoms with E-state index in [0.717, 1.165) is 21.5 Å². The molecule has 0 fully saturated rings. The molecule has 0 saturated heterocycles. The van der Waals surface area contributed by atoms with Crippen LogP contribution in [0.3, 0.4) is 0 Å². The van der Waals surface area contributed by atoms with E-state index in [4.69, 9.17) is 4.74 Å². The van der Waals surface area contributed by atoms with Crippen LogP contribution in [0.4, 0.5) is 5.13 Å². The molecule has 2 N–H and O–H groups in total. The molecule has 0 spiro atoms. The maximum absolute atomic E-state index is 12.6. The topological polar surface area (TPSA) is 88.5 Å². The number of fused-ring (bicyclic) bond motifs is 1. The molecule has 3 rings (SSSR count). The van der Waals surface area contributed by atoms with Crippen LogP contribution in [-0.2, 0) is 9.59 Å². The zero-order chi connectivity index (χ0) is 18.0. The van der Waals surface area contributed by atoms with E-state index in [9.17, 15) is 14.7 Å². The number of carbonyl (C=O) groups excluding carboxylic acids is 1. The molecule has 0 radical (unpaired) electrons. The molecule has 1 aliphatic rings. The van der Waals surface area contributed by atoms with Gasteiger partial charge in [0.1, 0.15) is 5.75 Å². The number of benzene rings is 1. The molecular weight excluding hydrogens is 340 g/mol. The number of amides is 1. The average molecular weight is 360 g/mol. The third-order valence-electron chi connectivity index (χ3n) is 4.30. The van der Waals surface area contributed by atoms with E-state index in [2.05, 4.69) is 10.3 Å². The van der Waals surface area contributed by atoms with E-state index in [-0.39, 0.29) is 5.91 Å². The number of allylic oxidation sites excluding steroid dienone is 2. The highest BCUT2D eigenvalue weighted by Gasteiger charge is 2.35. The van der Waals surface area contributed by atoms with Crippen molar-refractivity contribution < 1.29 is 19.4 Å². The first-order valence-electron chi connectivity index (χ1n) is 8.20. The summed E-state index contributed by atoms with van der Waals surface area (Å²) in [6.07, 6.45) is 2.74. The molecule has 0 unspecified atom stereocenters. The number of nitrogens with one attached hydrogen (secondary N) is 1. The maximum atomic E-state index is 12.6. The predicted octanol–water partition coefficient (Wildman–Crippen LogP) is 3.69. The van der Waals surface area contributed by atoms with Crippen molar-refractivity contribution in [3.05, 3.63) is 29.8 Å². The maximum Gasteiger partial charge on any atom is 0.307 e. The van der Waals surface area contributed by atoms with Crippen molar-refractivity contribution in [3.8, 4) is 5.75 Å². The van der Waals surface area contributed by atoms with Gasteiger partial charge >= 0.3 is 5.97 Å². The number of nitrogens with zero attached hydrogens (tertiary/aromatic N) is 1. The highest BCUT2D eigenvalue weighted by molar-refractivity contribution is 7.22. The first kappa shape index (κ1) is 17.4. The third kappa shape index (κ3) is 3.82. The van der Waals surface area contributed by atoms with Crippen LogP contribution in [0.25, 0.3) is 10.2 Å². The first-order chi connectivity index (χ1) is 12.0. The minimum atomic E-state index is -0.936. The quantitative estimate of drug-likeness (QED) is 0.794. The summed E-state index contributed by atoms with van der Waals surface area (Å²) >= 11 is 1.35. The van der Waals surface area contributed by atoms with E-state index in [0.29, 0.717) is 24.6 Å². The first-order valence-corrected chi connectivity index (χ1v) is 9.02. The van der Waals surface area contributed by atoms with Gasteiger partial charge in [-0.3, -0.25) is 9.59 Å². The number of aromatic nitrogens is 1. The lowest BCUT2D eigenvalue weighted by Gasteiger charge is -2.26. The van der Waals surface area contributed by atoms with Crippen molar-refractivity contribution in [2.24, 2.45) is 11.8 Å². The highest BCUT2D eigenvalue weighted by atomic mass is 32.1. The molecule has 7 heteroatoms. The van der Waals surface area contributed by atoms with Crippen LogP contribution < -0.4 is 10.1 Å². The fourth-order valence-electron chi connectivity index (χ4n) is 3.03. The van der Waals surface area contributed by atoms with Crippen molar-refractivity contribution in [3.63, 3.8) is 0 Å². The van der Waals surface area contributed by atoms with Gasteiger partial charge in [0.2, 0.25) is 5.91 Å². The number of carboxylic acid groups (broad SMARTS) is 1. The lowest BCUT2D eigenvalue weighted by molar-refractivity contribution is -0.146. The number of hydrogen-bond acceptors (Lipinski definition) is 5. The Morgan fingerprint density at radius 1 is 1.40 bits per heavy atom. The zero-order valence-corrected chi connectivity index (χ0v) is 14.9. The lowest BCUT2D eigenvalue weighted by atomic mass is 9.79. The van der Waals surface area contributed by atoms with Crippen LogP contribution in [0, 0.1) is 11.8 Å². The van der Waals surface area contributed by atoms with Crippen LogP contribution in [0.15, 0.2) is 29.8 Å². The highest BCUT2D eigenvalue weighted by Crippen LogP contribution is 2.33. The molecule has 1 amide bonds. The van der Waals surface area contributed by atoms with Crippen molar-refractivity contribution in [2.75, 3.05) is 11.9 Å².